The molecule has 4 rings (SSSR count). The van der Waals surface area contributed by atoms with Crippen LogP contribution in [-0.4, -0.2) is 73.1 Å². The van der Waals surface area contributed by atoms with E-state index in [1.54, 1.807) is 17.9 Å². The van der Waals surface area contributed by atoms with Gasteiger partial charge in [-0.2, -0.15) is 5.10 Å². The van der Waals surface area contributed by atoms with Gasteiger partial charge in [0.2, 0.25) is 11.8 Å². The minimum absolute atomic E-state index is 0.132. The van der Waals surface area contributed by atoms with Gasteiger partial charge in [0.1, 0.15) is 23.9 Å². The molecular weight excluding hydrogens is 517 g/mol. The molecule has 8 nitrogen and oxygen atoms in total. The Morgan fingerprint density at radius 2 is 1.92 bits per heavy atom. The summed E-state index contributed by atoms with van der Waals surface area (Å²) < 4.78 is 21.5. The van der Waals surface area contributed by atoms with Gasteiger partial charge in [-0.1, -0.05) is 32.9 Å². The van der Waals surface area contributed by atoms with Gasteiger partial charge in [0.15, 0.2) is 0 Å². The summed E-state index contributed by atoms with van der Waals surface area (Å²) in [6, 6.07) is 13.9. The van der Waals surface area contributed by atoms with Crippen LogP contribution in [0.5, 0.6) is 5.75 Å². The lowest BCUT2D eigenvalue weighted by molar-refractivity contribution is -0.122. The Morgan fingerprint density at radius 1 is 1.21 bits per heavy atom. The summed E-state index contributed by atoms with van der Waals surface area (Å²) >= 11 is 1.42. The molecule has 10 heteroatoms. The number of hydrogen-bond donors (Lipinski definition) is 1. The number of amides is 2. The van der Waals surface area contributed by atoms with Crippen LogP contribution in [-0.2, 0) is 15.0 Å². The van der Waals surface area contributed by atoms with Gasteiger partial charge in [-0.3, -0.25) is 14.5 Å². The van der Waals surface area contributed by atoms with E-state index in [1.165, 1.54) is 28.8 Å². The SMILES string of the molecule is COc1ccc(-n2nc(C(C)(C)C)c3c2N(CC(=O)NCCN(C)C)C(=O)CS[C@H]3c2cccc(F)c2)cc1. The number of anilines is 1. The molecule has 1 aliphatic rings. The predicted molar refractivity (Wildman–Crippen MR) is 153 cm³/mol. The summed E-state index contributed by atoms with van der Waals surface area (Å²) in [6.45, 7) is 7.18. The second-order valence-corrected chi connectivity index (χ2v) is 11.9. The largest absolute Gasteiger partial charge is 0.497 e. The molecule has 0 fully saturated rings. The monoisotopic (exact) mass is 553 g/mol. The van der Waals surface area contributed by atoms with Crippen molar-refractivity contribution in [1.29, 1.82) is 0 Å². The quantitative estimate of drug-likeness (QED) is 0.451. The Labute approximate surface area is 233 Å². The van der Waals surface area contributed by atoms with Gasteiger partial charge in [-0.05, 0) is 56.1 Å². The fourth-order valence-corrected chi connectivity index (χ4v) is 5.72. The number of aromatic nitrogens is 2. The zero-order valence-electron chi connectivity index (χ0n) is 23.3. The summed E-state index contributed by atoms with van der Waals surface area (Å²) in [5.74, 6) is 0.532. The van der Waals surface area contributed by atoms with Gasteiger partial charge in [0, 0.05) is 24.1 Å². The van der Waals surface area contributed by atoms with E-state index in [1.807, 2.05) is 49.3 Å². The van der Waals surface area contributed by atoms with Crippen molar-refractivity contribution in [2.45, 2.75) is 31.4 Å². The summed E-state index contributed by atoms with van der Waals surface area (Å²) in [6.07, 6.45) is 0. The number of carbonyl (C=O) groups is 2. The maximum absolute atomic E-state index is 14.4. The highest BCUT2D eigenvalue weighted by Gasteiger charge is 2.40. The van der Waals surface area contributed by atoms with Crippen LogP contribution in [0.2, 0.25) is 0 Å². The fourth-order valence-electron chi connectivity index (χ4n) is 4.53. The molecule has 0 unspecified atom stereocenters. The average molecular weight is 554 g/mol. The number of rotatable bonds is 8. The lowest BCUT2D eigenvalue weighted by atomic mass is 9.87. The van der Waals surface area contributed by atoms with E-state index in [9.17, 15) is 14.0 Å². The molecule has 0 spiro atoms. The molecule has 1 N–H and O–H groups in total. The van der Waals surface area contributed by atoms with E-state index >= 15 is 0 Å². The van der Waals surface area contributed by atoms with Crippen molar-refractivity contribution in [2.24, 2.45) is 0 Å². The van der Waals surface area contributed by atoms with Gasteiger partial charge >= 0.3 is 0 Å². The number of ether oxygens (including phenoxy) is 1. The van der Waals surface area contributed by atoms with E-state index in [2.05, 4.69) is 26.1 Å². The first-order chi connectivity index (χ1) is 18.5. The van der Waals surface area contributed by atoms with E-state index < -0.39 is 5.41 Å². The Morgan fingerprint density at radius 3 is 2.54 bits per heavy atom. The van der Waals surface area contributed by atoms with Crippen molar-refractivity contribution >= 4 is 29.4 Å². The minimum atomic E-state index is -0.402. The van der Waals surface area contributed by atoms with E-state index in [-0.39, 0.29) is 35.2 Å². The van der Waals surface area contributed by atoms with Gasteiger partial charge in [0.05, 0.1) is 29.5 Å². The second kappa shape index (κ2) is 11.8. The predicted octanol–water partition coefficient (Wildman–Crippen LogP) is 4.16. The number of nitrogens with zero attached hydrogens (tertiary/aromatic N) is 4. The van der Waals surface area contributed by atoms with Crippen molar-refractivity contribution in [1.82, 2.24) is 20.0 Å². The fraction of sp³-hybridized carbons (Fsp3) is 0.414. The Bertz CT molecular complexity index is 1330. The maximum atomic E-state index is 14.4. The molecule has 0 saturated heterocycles. The number of halogens is 1. The molecule has 1 aliphatic heterocycles. The molecule has 1 aromatic heterocycles. The molecule has 1 atom stereocenters. The smallest absolute Gasteiger partial charge is 0.240 e. The number of nitrogens with one attached hydrogen (secondary N) is 1. The molecule has 39 heavy (non-hydrogen) atoms. The highest BCUT2D eigenvalue weighted by atomic mass is 32.2. The zero-order valence-corrected chi connectivity index (χ0v) is 24.1. The number of thioether (sulfide) groups is 1. The molecule has 208 valence electrons. The molecule has 2 amide bonds. The second-order valence-electron chi connectivity index (χ2n) is 10.8. The van der Waals surface area contributed by atoms with Crippen LogP contribution in [0.3, 0.4) is 0 Å². The molecule has 0 radical (unpaired) electrons. The van der Waals surface area contributed by atoms with E-state index in [0.717, 1.165) is 22.5 Å². The third-order valence-corrected chi connectivity index (χ3v) is 7.71. The summed E-state index contributed by atoms with van der Waals surface area (Å²) in [4.78, 5) is 30.2. The first-order valence-corrected chi connectivity index (χ1v) is 13.9. The van der Waals surface area contributed by atoms with Crippen molar-refractivity contribution in [3.8, 4) is 11.4 Å². The zero-order chi connectivity index (χ0) is 28.3. The lowest BCUT2D eigenvalue weighted by Gasteiger charge is -2.24. The number of likely N-dealkylation sites (N-methyl/N-ethyl adjacent to an activating group) is 1. The van der Waals surface area contributed by atoms with Gasteiger partial charge in [0.25, 0.3) is 0 Å². The topological polar surface area (TPSA) is 79.7 Å². The summed E-state index contributed by atoms with van der Waals surface area (Å²) in [7, 11) is 5.47. The Hall–Kier alpha value is -3.37. The van der Waals surface area contributed by atoms with Crippen molar-refractivity contribution in [3.05, 3.63) is 71.2 Å². The molecule has 3 aromatic rings. The van der Waals surface area contributed by atoms with Gasteiger partial charge < -0.3 is 15.0 Å². The van der Waals surface area contributed by atoms with Crippen LogP contribution in [0, 0.1) is 5.82 Å². The molecule has 0 saturated carbocycles. The molecule has 0 aliphatic carbocycles. The number of fused-ring (bicyclic) bond motifs is 1. The van der Waals surface area contributed by atoms with Crippen molar-refractivity contribution < 1.29 is 18.7 Å². The molecule has 0 bridgehead atoms. The van der Waals surface area contributed by atoms with Crippen molar-refractivity contribution in [2.75, 3.05) is 51.5 Å². The van der Waals surface area contributed by atoms with E-state index in [0.29, 0.717) is 24.7 Å². The van der Waals surface area contributed by atoms with Gasteiger partial charge in [-0.25, -0.2) is 9.07 Å². The molecule has 2 aromatic carbocycles. The minimum Gasteiger partial charge on any atom is -0.497 e. The first kappa shape index (κ1) is 28.6. The highest BCUT2D eigenvalue weighted by molar-refractivity contribution is 8.00. The van der Waals surface area contributed by atoms with Crippen LogP contribution in [0.1, 0.15) is 42.8 Å². The Balaban J connectivity index is 1.92. The van der Waals surface area contributed by atoms with Crippen molar-refractivity contribution in [3.63, 3.8) is 0 Å². The Kier molecular flexibility index (Phi) is 8.66. The van der Waals surface area contributed by atoms with Crippen LogP contribution >= 0.6 is 11.8 Å². The summed E-state index contributed by atoms with van der Waals surface area (Å²) in [5.41, 5.74) is 2.65. The lowest BCUT2D eigenvalue weighted by Crippen LogP contribution is -2.43. The normalized spacial score (nSPS) is 15.7. The third kappa shape index (κ3) is 6.45. The third-order valence-electron chi connectivity index (χ3n) is 6.45. The number of hydrogen-bond acceptors (Lipinski definition) is 6. The van der Waals surface area contributed by atoms with Crippen LogP contribution < -0.4 is 15.0 Å². The van der Waals surface area contributed by atoms with Crippen LogP contribution in [0.25, 0.3) is 5.69 Å². The number of carbonyl (C=O) groups excluding carboxylic acids is 2. The number of benzene rings is 2. The van der Waals surface area contributed by atoms with Gasteiger partial charge in [-0.15, -0.1) is 11.8 Å². The molecule has 2 heterocycles. The number of methoxy groups -OCH3 is 1. The highest BCUT2D eigenvalue weighted by Crippen LogP contribution is 2.48. The first-order valence-electron chi connectivity index (χ1n) is 12.9. The molecular formula is C29H36FN5O3S. The van der Waals surface area contributed by atoms with Crippen LogP contribution in [0.15, 0.2) is 48.5 Å². The van der Waals surface area contributed by atoms with E-state index in [4.69, 9.17) is 9.84 Å². The average Bonchev–Trinajstić information content (AvgIpc) is 3.22. The maximum Gasteiger partial charge on any atom is 0.240 e. The standard InChI is InChI=1S/C29H36FN5O3S/c1-29(2,3)27-25-26(19-8-7-9-20(30)16-19)39-18-24(37)34(17-23(36)31-14-15-33(4)5)28(25)35(32-27)21-10-12-22(38-6)13-11-21/h7-13,16,26H,14-15,17-18H2,1-6H3,(H,31,36)/t26-/m0/s1. The summed E-state index contributed by atoms with van der Waals surface area (Å²) in [5, 5.41) is 7.60. The van der Waals surface area contributed by atoms with Crippen LogP contribution in [0.4, 0.5) is 10.2 Å².